The Morgan fingerprint density at radius 1 is 1.24 bits per heavy atom. The smallest absolute Gasteiger partial charge is 0.220 e. The summed E-state index contributed by atoms with van der Waals surface area (Å²) in [6, 6.07) is 11.4. The van der Waals surface area contributed by atoms with Crippen molar-refractivity contribution in [3.05, 3.63) is 65.1 Å². The van der Waals surface area contributed by atoms with Crippen LogP contribution < -0.4 is 4.74 Å². The molecule has 0 aliphatic heterocycles. The molecule has 128 valence electrons. The second-order valence-corrected chi connectivity index (χ2v) is 6.09. The lowest BCUT2D eigenvalue weighted by Crippen LogP contribution is -2.28. The Morgan fingerprint density at radius 3 is 2.76 bits per heavy atom. The molecule has 0 unspecified atom stereocenters. The number of methoxy groups -OCH3 is 1. The molecule has 0 aliphatic carbocycles. The van der Waals surface area contributed by atoms with Gasteiger partial charge in [-0.05, 0) is 35.9 Å². The van der Waals surface area contributed by atoms with Crippen LogP contribution in [0.25, 0.3) is 10.9 Å². The number of pyridine rings is 2. The van der Waals surface area contributed by atoms with Gasteiger partial charge in [0.15, 0.2) is 0 Å². The maximum Gasteiger partial charge on any atom is 0.220 e. The van der Waals surface area contributed by atoms with Gasteiger partial charge in [-0.3, -0.25) is 9.78 Å². The van der Waals surface area contributed by atoms with Crippen LogP contribution in [0.1, 0.15) is 18.1 Å². The number of nitrogens with zero attached hydrogens (tertiary/aromatic N) is 3. The van der Waals surface area contributed by atoms with Crippen LogP contribution in [0.2, 0.25) is 5.15 Å². The molecule has 0 spiro atoms. The molecule has 3 rings (SSSR count). The SMILES string of the molecule is COc1ccc2nc(Cl)c(CN(Cc3cccnc3)C(C)=O)cc2c1. The largest absolute Gasteiger partial charge is 0.497 e. The molecule has 0 atom stereocenters. The summed E-state index contributed by atoms with van der Waals surface area (Å²) >= 11 is 6.34. The zero-order valence-corrected chi connectivity index (χ0v) is 14.8. The number of ether oxygens (including phenoxy) is 1. The summed E-state index contributed by atoms with van der Waals surface area (Å²) in [6.07, 6.45) is 3.46. The third-order valence-corrected chi connectivity index (χ3v) is 4.28. The van der Waals surface area contributed by atoms with Crippen LogP contribution >= 0.6 is 11.6 Å². The zero-order valence-electron chi connectivity index (χ0n) is 14.1. The number of fused-ring (bicyclic) bond motifs is 1. The average molecular weight is 356 g/mol. The van der Waals surface area contributed by atoms with Crippen molar-refractivity contribution in [1.29, 1.82) is 0 Å². The van der Waals surface area contributed by atoms with Crippen molar-refractivity contribution in [2.45, 2.75) is 20.0 Å². The fourth-order valence-electron chi connectivity index (χ4n) is 2.61. The van der Waals surface area contributed by atoms with Gasteiger partial charge in [-0.15, -0.1) is 0 Å². The van der Waals surface area contributed by atoms with E-state index in [1.807, 2.05) is 36.4 Å². The molecule has 3 aromatic rings. The molecule has 1 amide bonds. The fraction of sp³-hybridized carbons (Fsp3) is 0.211. The van der Waals surface area contributed by atoms with E-state index < -0.39 is 0 Å². The van der Waals surface area contributed by atoms with Crippen LogP contribution in [0.5, 0.6) is 5.75 Å². The quantitative estimate of drug-likeness (QED) is 0.652. The molecule has 0 saturated carbocycles. The van der Waals surface area contributed by atoms with Crippen molar-refractivity contribution in [2.24, 2.45) is 0 Å². The average Bonchev–Trinajstić information content (AvgIpc) is 2.62. The Morgan fingerprint density at radius 2 is 2.08 bits per heavy atom. The molecule has 0 aliphatic rings. The van der Waals surface area contributed by atoms with Crippen molar-refractivity contribution in [2.75, 3.05) is 7.11 Å². The van der Waals surface area contributed by atoms with Crippen LogP contribution in [0, 0.1) is 0 Å². The van der Waals surface area contributed by atoms with E-state index in [0.29, 0.717) is 18.2 Å². The standard InChI is InChI=1S/C19H18ClN3O2/c1-13(24)23(11-14-4-3-7-21-10-14)12-16-8-15-9-17(25-2)5-6-18(15)22-19(16)20/h3-10H,11-12H2,1-2H3. The van der Waals surface area contributed by atoms with E-state index in [-0.39, 0.29) is 5.91 Å². The second kappa shape index (κ2) is 7.49. The van der Waals surface area contributed by atoms with Gasteiger partial charge >= 0.3 is 0 Å². The number of aromatic nitrogens is 2. The highest BCUT2D eigenvalue weighted by molar-refractivity contribution is 6.30. The topological polar surface area (TPSA) is 55.3 Å². The normalized spacial score (nSPS) is 10.7. The van der Waals surface area contributed by atoms with Crippen LogP contribution in [0.15, 0.2) is 48.8 Å². The fourth-order valence-corrected chi connectivity index (χ4v) is 2.81. The lowest BCUT2D eigenvalue weighted by molar-refractivity contribution is -0.130. The van der Waals surface area contributed by atoms with Gasteiger partial charge in [0, 0.05) is 43.4 Å². The Bertz CT molecular complexity index is 900. The molecule has 0 N–H and O–H groups in total. The van der Waals surface area contributed by atoms with E-state index >= 15 is 0 Å². The highest BCUT2D eigenvalue weighted by Gasteiger charge is 2.14. The van der Waals surface area contributed by atoms with Gasteiger partial charge in [-0.25, -0.2) is 4.98 Å². The molecule has 25 heavy (non-hydrogen) atoms. The molecule has 0 saturated heterocycles. The molecule has 2 heterocycles. The summed E-state index contributed by atoms with van der Waals surface area (Å²) in [6.45, 7) is 2.39. The highest BCUT2D eigenvalue weighted by atomic mass is 35.5. The molecule has 0 radical (unpaired) electrons. The molecule has 0 fully saturated rings. The van der Waals surface area contributed by atoms with Gasteiger partial charge in [0.1, 0.15) is 10.9 Å². The Hall–Kier alpha value is -2.66. The van der Waals surface area contributed by atoms with Gasteiger partial charge in [0.2, 0.25) is 5.91 Å². The second-order valence-electron chi connectivity index (χ2n) is 5.73. The van der Waals surface area contributed by atoms with Crippen LogP contribution in [0.4, 0.5) is 0 Å². The monoisotopic (exact) mass is 355 g/mol. The number of carbonyl (C=O) groups excluding carboxylic acids is 1. The van der Waals surface area contributed by atoms with E-state index in [2.05, 4.69) is 9.97 Å². The van der Waals surface area contributed by atoms with Gasteiger partial charge in [-0.1, -0.05) is 17.7 Å². The Kier molecular flexibility index (Phi) is 5.14. The summed E-state index contributed by atoms with van der Waals surface area (Å²) < 4.78 is 5.26. The minimum absolute atomic E-state index is 0.0364. The zero-order chi connectivity index (χ0) is 17.8. The molecular formula is C19H18ClN3O2. The first-order chi connectivity index (χ1) is 12.1. The van der Waals surface area contributed by atoms with Crippen molar-refractivity contribution >= 4 is 28.4 Å². The maximum atomic E-state index is 12.1. The molecule has 5 nitrogen and oxygen atoms in total. The van der Waals surface area contributed by atoms with Gasteiger partial charge in [-0.2, -0.15) is 0 Å². The molecule has 2 aromatic heterocycles. The summed E-state index contributed by atoms with van der Waals surface area (Å²) in [4.78, 5) is 22.3. The number of rotatable bonds is 5. The first-order valence-electron chi connectivity index (χ1n) is 7.84. The lowest BCUT2D eigenvalue weighted by atomic mass is 10.1. The van der Waals surface area contributed by atoms with Crippen LogP contribution in [-0.4, -0.2) is 27.9 Å². The first-order valence-corrected chi connectivity index (χ1v) is 8.22. The van der Waals surface area contributed by atoms with Crippen LogP contribution in [0.3, 0.4) is 0 Å². The predicted molar refractivity (Wildman–Crippen MR) is 97.5 cm³/mol. The molecular weight excluding hydrogens is 338 g/mol. The number of hydrogen-bond acceptors (Lipinski definition) is 4. The highest BCUT2D eigenvalue weighted by Crippen LogP contribution is 2.25. The van der Waals surface area contributed by atoms with Gasteiger partial charge in [0.05, 0.1) is 12.6 Å². The van der Waals surface area contributed by atoms with Gasteiger partial charge in [0.25, 0.3) is 0 Å². The number of carbonyl (C=O) groups is 1. The predicted octanol–water partition coefficient (Wildman–Crippen LogP) is 3.84. The number of benzene rings is 1. The summed E-state index contributed by atoms with van der Waals surface area (Å²) in [5.41, 5.74) is 2.54. The third-order valence-electron chi connectivity index (χ3n) is 3.95. The molecule has 0 bridgehead atoms. The summed E-state index contributed by atoms with van der Waals surface area (Å²) in [5, 5.41) is 1.32. The number of amides is 1. The summed E-state index contributed by atoms with van der Waals surface area (Å²) in [5.74, 6) is 0.715. The lowest BCUT2D eigenvalue weighted by Gasteiger charge is -2.21. The minimum Gasteiger partial charge on any atom is -0.497 e. The van der Waals surface area contributed by atoms with E-state index in [4.69, 9.17) is 16.3 Å². The number of hydrogen-bond donors (Lipinski definition) is 0. The molecule has 6 heteroatoms. The third kappa shape index (κ3) is 4.06. The Labute approximate surface area is 151 Å². The summed E-state index contributed by atoms with van der Waals surface area (Å²) in [7, 11) is 1.62. The van der Waals surface area contributed by atoms with E-state index in [0.717, 1.165) is 27.8 Å². The minimum atomic E-state index is -0.0364. The van der Waals surface area contributed by atoms with E-state index in [1.54, 1.807) is 31.3 Å². The molecule has 1 aromatic carbocycles. The van der Waals surface area contributed by atoms with Crippen molar-refractivity contribution in [3.63, 3.8) is 0 Å². The van der Waals surface area contributed by atoms with Gasteiger partial charge < -0.3 is 9.64 Å². The van der Waals surface area contributed by atoms with Crippen molar-refractivity contribution in [3.8, 4) is 5.75 Å². The van der Waals surface area contributed by atoms with E-state index in [9.17, 15) is 4.79 Å². The Balaban J connectivity index is 1.90. The first kappa shape index (κ1) is 17.2. The number of halogens is 1. The van der Waals surface area contributed by atoms with Crippen molar-refractivity contribution < 1.29 is 9.53 Å². The maximum absolute atomic E-state index is 12.1. The van der Waals surface area contributed by atoms with Crippen LogP contribution in [-0.2, 0) is 17.9 Å². The van der Waals surface area contributed by atoms with Crippen molar-refractivity contribution in [1.82, 2.24) is 14.9 Å². The van der Waals surface area contributed by atoms with E-state index in [1.165, 1.54) is 0 Å².